The Morgan fingerprint density at radius 2 is 1.24 bits per heavy atom. The van der Waals surface area contributed by atoms with E-state index in [1.54, 1.807) is 90.7 Å². The molecule has 0 radical (unpaired) electrons. The highest BCUT2D eigenvalue weighted by atomic mass is 16.2. The van der Waals surface area contributed by atoms with Gasteiger partial charge in [-0.2, -0.15) is 0 Å². The zero-order valence-corrected chi connectivity index (χ0v) is 58.5. The lowest BCUT2D eigenvalue weighted by atomic mass is 9.85. The summed E-state index contributed by atoms with van der Waals surface area (Å²) < 4.78 is 1.70. The number of benzene rings is 1. The highest BCUT2D eigenvalue weighted by Crippen LogP contribution is 2.26. The van der Waals surface area contributed by atoms with Gasteiger partial charge >= 0.3 is 0 Å². The van der Waals surface area contributed by atoms with Crippen molar-refractivity contribution in [1.82, 2.24) is 73.4 Å². The Hall–Kier alpha value is -9.40. The fraction of sp³-hybridized carbons (Fsp3) is 0.636. The van der Waals surface area contributed by atoms with E-state index in [9.17, 15) is 57.5 Å². The number of nitrogens with zero attached hydrogens (tertiary/aromatic N) is 3. The number of para-hydroxylation sites is 1. The number of guanidine groups is 1. The third-order valence-electron chi connectivity index (χ3n) is 17.1. The average Bonchev–Trinajstić information content (AvgIpc) is 1.81. The molecule has 0 saturated carbocycles. The first-order valence-corrected chi connectivity index (χ1v) is 33.9. The molecule has 3 heterocycles. The minimum Gasteiger partial charge on any atom is -0.370 e. The standard InChI is InChI=1S/C66H106N20O13/c1-36(2)28-45-54(90)55(91)46(29-37(3)4)83-84-66(9,63(99)81-44(22-23-51(67)87)58(94)78-47(56(70)92)32-52(68)88)25-16-18-40-35-75-85-86(40)27-15-11-10-14-24-65(7,8)62(98)82-50(33-53(69)89)61(97)79-48(30-38(5)6)59(95)80-49(31-39-34-74-42-20-13-12-19-41(39)42)60(96)76-43(57(93)77-45)21-17-26-73-64(71)72/h12-13,19-20,34-38,43-50,74,83-84H,10-11,14-18,21-33H2,1-9H3,(H2,67,87)(H2,68,88)(H2,69,89)(H2,70,92)(H,76,96)(H,77,93)(H,78,94)(H,79,97)(H,80,95)(H,81,99)(H,82,98)(H4,71,72,73)/t43?,44-,45-,46-,47-,48?,49-,50-,66-/m0/s1. The van der Waals surface area contributed by atoms with E-state index in [-0.39, 0.29) is 94.5 Å². The van der Waals surface area contributed by atoms with Crippen LogP contribution in [0.25, 0.3) is 10.9 Å². The zero-order chi connectivity index (χ0) is 73.9. The molecule has 0 aliphatic carbocycles. The van der Waals surface area contributed by atoms with Gasteiger partial charge in [-0.15, -0.1) is 5.10 Å². The number of fused-ring (bicyclic) bond motifs is 2. The largest absolute Gasteiger partial charge is 0.370 e. The van der Waals surface area contributed by atoms with E-state index in [0.29, 0.717) is 60.8 Å². The smallest absolute Gasteiger partial charge is 0.243 e. The van der Waals surface area contributed by atoms with Crippen LogP contribution >= 0.6 is 0 Å². The van der Waals surface area contributed by atoms with Crippen molar-refractivity contribution in [1.29, 1.82) is 5.41 Å². The van der Waals surface area contributed by atoms with Gasteiger partial charge in [-0.3, -0.25) is 67.7 Å². The molecule has 9 atom stereocenters. The number of carbonyl (C=O) groups excluding carboxylic acids is 13. The molecule has 0 saturated heterocycles. The predicted molar refractivity (Wildman–Crippen MR) is 367 cm³/mol. The van der Waals surface area contributed by atoms with E-state index < -0.39 is 155 Å². The molecule has 4 rings (SSSR count). The van der Waals surface area contributed by atoms with Gasteiger partial charge in [-0.1, -0.05) is 98.1 Å². The van der Waals surface area contributed by atoms with Gasteiger partial charge in [0.1, 0.15) is 41.8 Å². The lowest BCUT2D eigenvalue weighted by Gasteiger charge is -2.34. The molecule has 1 aliphatic rings. The van der Waals surface area contributed by atoms with Crippen LogP contribution in [0.4, 0.5) is 0 Å². The number of hydrogen-bond donors (Lipinski definition) is 17. The first-order valence-electron chi connectivity index (χ1n) is 33.9. The van der Waals surface area contributed by atoms with Crippen LogP contribution in [-0.4, -0.2) is 163 Å². The maximum atomic E-state index is 15.1. The van der Waals surface area contributed by atoms with E-state index >= 15 is 4.79 Å². The fourth-order valence-corrected chi connectivity index (χ4v) is 11.5. The number of carbonyl (C=O) groups is 13. The average molecular weight is 1390 g/mol. The van der Waals surface area contributed by atoms with Crippen molar-refractivity contribution in [2.75, 3.05) is 6.54 Å². The van der Waals surface area contributed by atoms with E-state index in [1.807, 2.05) is 6.07 Å². The van der Waals surface area contributed by atoms with Crippen molar-refractivity contribution in [3.05, 3.63) is 47.9 Å². The van der Waals surface area contributed by atoms with Gasteiger partial charge in [0, 0.05) is 48.4 Å². The number of ketones is 2. The van der Waals surface area contributed by atoms with Crippen molar-refractivity contribution >= 4 is 93.4 Å². The molecule has 1 aromatic carbocycles. The molecule has 3 aromatic rings. The molecule has 22 N–H and O–H groups in total. The summed E-state index contributed by atoms with van der Waals surface area (Å²) in [5, 5.41) is 38.2. The summed E-state index contributed by atoms with van der Waals surface area (Å²) in [6.07, 6.45) is 4.14. The Kier molecular flexibility index (Phi) is 32.5. The number of hydrazine groups is 1. The first-order chi connectivity index (χ1) is 46.5. The third-order valence-corrected chi connectivity index (χ3v) is 17.1. The molecule has 2 unspecified atom stereocenters. The lowest BCUT2D eigenvalue weighted by molar-refractivity contribution is -0.141. The van der Waals surface area contributed by atoms with E-state index in [2.05, 4.69) is 68.7 Å². The molecular formula is C66H106N20O13. The number of rotatable bonds is 24. The molecule has 11 amide bonds. The number of H-pyrrole nitrogens is 1. The van der Waals surface area contributed by atoms with Crippen molar-refractivity contribution < 1.29 is 62.3 Å². The number of aromatic amines is 1. The Bertz CT molecular complexity index is 3330. The Morgan fingerprint density at radius 1 is 0.657 bits per heavy atom. The van der Waals surface area contributed by atoms with Gasteiger partial charge in [0.25, 0.3) is 0 Å². The number of amides is 11. The maximum Gasteiger partial charge on any atom is 0.243 e. The number of nitrogens with one attached hydrogen (secondary N) is 12. The van der Waals surface area contributed by atoms with Crippen LogP contribution in [-0.2, 0) is 81.7 Å². The number of primary amides is 4. The molecule has 2 aromatic heterocycles. The zero-order valence-electron chi connectivity index (χ0n) is 58.5. The molecule has 0 fully saturated rings. The molecule has 33 nitrogen and oxygen atoms in total. The molecular weight excluding hydrogens is 1280 g/mol. The monoisotopic (exact) mass is 1390 g/mol. The number of aryl methyl sites for hydroxylation is 2. The van der Waals surface area contributed by atoms with Gasteiger partial charge in [0.05, 0.1) is 36.8 Å². The second-order valence-corrected chi connectivity index (χ2v) is 27.8. The van der Waals surface area contributed by atoms with Crippen LogP contribution in [0.2, 0.25) is 0 Å². The highest BCUT2D eigenvalue weighted by molar-refractivity contribution is 6.41. The topological polar surface area (TPSA) is 543 Å². The summed E-state index contributed by atoms with van der Waals surface area (Å²) in [6, 6.07) is -4.74. The van der Waals surface area contributed by atoms with Crippen LogP contribution in [0.15, 0.2) is 36.7 Å². The molecule has 1 aliphatic heterocycles. The van der Waals surface area contributed by atoms with Crippen LogP contribution in [0.3, 0.4) is 0 Å². The number of Topliss-reactive ketones (excluding diaryl/α,β-unsaturated/α-hetero) is 2. The van der Waals surface area contributed by atoms with Crippen molar-refractivity contribution in [2.45, 2.75) is 238 Å². The van der Waals surface area contributed by atoms with Gasteiger partial charge in [-0.25, -0.2) is 15.5 Å². The van der Waals surface area contributed by atoms with Crippen molar-refractivity contribution in [2.24, 2.45) is 51.8 Å². The quantitative estimate of drug-likeness (QED) is 0.0221. The second kappa shape index (κ2) is 39.3. The normalized spacial score (nSPS) is 22.5. The fourth-order valence-electron chi connectivity index (χ4n) is 11.5. The van der Waals surface area contributed by atoms with Crippen molar-refractivity contribution in [3.8, 4) is 0 Å². The van der Waals surface area contributed by atoms with Gasteiger partial charge in [0.15, 0.2) is 5.96 Å². The minimum absolute atomic E-state index is 0.0134. The van der Waals surface area contributed by atoms with Crippen LogP contribution in [0.1, 0.15) is 176 Å². The first kappa shape index (κ1) is 82.0. The highest BCUT2D eigenvalue weighted by Gasteiger charge is 2.41. The second-order valence-electron chi connectivity index (χ2n) is 27.8. The van der Waals surface area contributed by atoms with E-state index in [1.165, 1.54) is 6.92 Å². The summed E-state index contributed by atoms with van der Waals surface area (Å²) in [4.78, 5) is 184. The predicted octanol–water partition coefficient (Wildman–Crippen LogP) is -1.03. The Labute approximate surface area is 577 Å². The van der Waals surface area contributed by atoms with Crippen LogP contribution in [0.5, 0.6) is 0 Å². The van der Waals surface area contributed by atoms with E-state index in [0.717, 1.165) is 0 Å². The lowest BCUT2D eigenvalue weighted by Crippen LogP contribution is -2.65. The summed E-state index contributed by atoms with van der Waals surface area (Å²) >= 11 is 0. The SMILES string of the molecule is CC(C)CC1NC(=O)[C@H](CC(N)=O)NC(=O)C(C)(C)CCCCCCn2nncc2CCC[C@@](C)(C(=O)N[C@@H](CCC(N)=O)C(=O)N[C@@H](CC(N)=O)C(N)=O)NN[C@@H](CC(C)C)C(=O)C(=O)[C@H](CC(C)C)NC(=O)C(CCCNC(=N)N)NC(=O)[C@H](Cc2c[nH]c3ccccc23)NC1=O. The van der Waals surface area contributed by atoms with Gasteiger partial charge in [0.2, 0.25) is 76.5 Å². The number of nitrogens with two attached hydrogens (primary N) is 5. The number of aromatic nitrogens is 4. The van der Waals surface area contributed by atoms with Crippen molar-refractivity contribution in [3.63, 3.8) is 0 Å². The van der Waals surface area contributed by atoms with E-state index in [4.69, 9.17) is 34.1 Å². The summed E-state index contributed by atoms with van der Waals surface area (Å²) in [5.41, 5.74) is 32.6. The minimum atomic E-state index is -1.80. The molecule has 33 heteroatoms. The summed E-state index contributed by atoms with van der Waals surface area (Å²) in [7, 11) is 0. The molecule has 0 bridgehead atoms. The summed E-state index contributed by atoms with van der Waals surface area (Å²) in [5.74, 6) is -13.2. The van der Waals surface area contributed by atoms with Crippen LogP contribution < -0.4 is 82.1 Å². The molecule has 99 heavy (non-hydrogen) atoms. The molecule has 0 spiro atoms. The van der Waals surface area contributed by atoms with Gasteiger partial charge < -0.3 is 76.2 Å². The summed E-state index contributed by atoms with van der Waals surface area (Å²) in [6.45, 7) is 16.0. The Balaban J connectivity index is 1.87. The third kappa shape index (κ3) is 27.4. The number of hydrogen-bond acceptors (Lipinski definition) is 18. The van der Waals surface area contributed by atoms with Crippen LogP contribution in [0, 0.1) is 28.6 Å². The molecule has 548 valence electrons. The maximum absolute atomic E-state index is 15.1. The van der Waals surface area contributed by atoms with Gasteiger partial charge in [-0.05, 0) is 107 Å². The Morgan fingerprint density at radius 3 is 1.88 bits per heavy atom.